The third-order valence-corrected chi connectivity index (χ3v) is 5.88. The van der Waals surface area contributed by atoms with Crippen LogP contribution in [0.25, 0.3) is 0 Å². The van der Waals surface area contributed by atoms with Crippen molar-refractivity contribution in [3.8, 4) is 0 Å². The van der Waals surface area contributed by atoms with Gasteiger partial charge in [0.05, 0.1) is 11.3 Å². The smallest absolute Gasteiger partial charge is 0.263 e. The molecule has 29 heavy (non-hydrogen) atoms. The summed E-state index contributed by atoms with van der Waals surface area (Å²) in [7, 11) is -4.06. The maximum Gasteiger partial charge on any atom is 0.263 e. The molecule has 7 nitrogen and oxygen atoms in total. The quantitative estimate of drug-likeness (QED) is 0.530. The maximum atomic E-state index is 13.0. The molecule has 0 radical (unpaired) electrons. The van der Waals surface area contributed by atoms with Gasteiger partial charge in [-0.3, -0.25) is 9.52 Å². The molecule has 0 aliphatic heterocycles. The van der Waals surface area contributed by atoms with E-state index in [0.29, 0.717) is 19.5 Å². The molecule has 1 amide bonds. The molecule has 10 heteroatoms. The van der Waals surface area contributed by atoms with E-state index in [0.717, 1.165) is 12.1 Å². The van der Waals surface area contributed by atoms with Gasteiger partial charge in [-0.1, -0.05) is 11.6 Å². The number of halogens is 2. The van der Waals surface area contributed by atoms with Gasteiger partial charge in [0.15, 0.2) is 0 Å². The van der Waals surface area contributed by atoms with Gasteiger partial charge in [-0.15, -0.1) is 0 Å². The van der Waals surface area contributed by atoms with E-state index >= 15 is 0 Å². The minimum absolute atomic E-state index is 0.0312. The highest BCUT2D eigenvalue weighted by Gasteiger charge is 2.20. The second-order valence-corrected chi connectivity index (χ2v) is 8.23. The minimum Gasteiger partial charge on any atom is -0.352 e. The zero-order valence-electron chi connectivity index (χ0n) is 15.2. The average molecular weight is 437 g/mol. The number of imidazole rings is 1. The Morgan fingerprint density at radius 1 is 1.17 bits per heavy atom. The fourth-order valence-corrected chi connectivity index (χ4v) is 4.15. The summed E-state index contributed by atoms with van der Waals surface area (Å²) in [4.78, 5) is 16.1. The number of benzene rings is 2. The Morgan fingerprint density at radius 2 is 1.93 bits per heavy atom. The van der Waals surface area contributed by atoms with Crippen molar-refractivity contribution in [1.82, 2.24) is 14.9 Å². The molecule has 1 aromatic heterocycles. The second-order valence-electron chi connectivity index (χ2n) is 6.17. The minimum atomic E-state index is -4.06. The molecule has 0 saturated carbocycles. The Hall–Kier alpha value is -2.91. The number of aromatic nitrogens is 2. The number of amides is 1. The first-order valence-electron chi connectivity index (χ1n) is 8.67. The topological polar surface area (TPSA) is 93.1 Å². The summed E-state index contributed by atoms with van der Waals surface area (Å²) < 4.78 is 42.5. The first-order chi connectivity index (χ1) is 13.8. The van der Waals surface area contributed by atoms with E-state index in [9.17, 15) is 17.6 Å². The number of nitrogens with one attached hydrogen (secondary N) is 2. The molecule has 2 aromatic carbocycles. The molecule has 3 aromatic rings. The van der Waals surface area contributed by atoms with Crippen molar-refractivity contribution >= 4 is 33.2 Å². The van der Waals surface area contributed by atoms with Gasteiger partial charge in [0, 0.05) is 36.7 Å². The standard InChI is InChI=1S/C19H18ClFN4O3S/c20-17-7-2-14(19(26)23-8-1-10-25-11-9-22-13-25)12-18(17)29(27,28)24-16-5-3-15(21)4-6-16/h2-7,9,11-13,24H,1,8,10H2,(H,23,26). The van der Waals surface area contributed by atoms with Crippen molar-refractivity contribution < 1.29 is 17.6 Å². The molecule has 0 saturated heterocycles. The lowest BCUT2D eigenvalue weighted by atomic mass is 10.2. The van der Waals surface area contributed by atoms with Crippen LogP contribution in [0.2, 0.25) is 5.02 Å². The molecule has 0 aliphatic carbocycles. The fraction of sp³-hybridized carbons (Fsp3) is 0.158. The summed E-state index contributed by atoms with van der Waals surface area (Å²) in [6.07, 6.45) is 5.87. The summed E-state index contributed by atoms with van der Waals surface area (Å²) in [6.45, 7) is 1.11. The molecule has 0 fully saturated rings. The van der Waals surface area contributed by atoms with Crippen LogP contribution in [0.15, 0.2) is 66.1 Å². The van der Waals surface area contributed by atoms with Crippen LogP contribution in [0.3, 0.4) is 0 Å². The lowest BCUT2D eigenvalue weighted by molar-refractivity contribution is 0.0952. The summed E-state index contributed by atoms with van der Waals surface area (Å²) in [6, 6.07) is 8.85. The molecule has 0 unspecified atom stereocenters. The first-order valence-corrected chi connectivity index (χ1v) is 10.5. The zero-order valence-corrected chi connectivity index (χ0v) is 16.8. The number of hydrogen-bond acceptors (Lipinski definition) is 4. The number of anilines is 1. The number of carbonyl (C=O) groups is 1. The monoisotopic (exact) mass is 436 g/mol. The van der Waals surface area contributed by atoms with Gasteiger partial charge in [-0.2, -0.15) is 0 Å². The van der Waals surface area contributed by atoms with Gasteiger partial charge in [-0.25, -0.2) is 17.8 Å². The van der Waals surface area contributed by atoms with Gasteiger partial charge in [-0.05, 0) is 48.9 Å². The number of rotatable bonds is 8. The van der Waals surface area contributed by atoms with Crippen molar-refractivity contribution in [3.63, 3.8) is 0 Å². The summed E-state index contributed by atoms with van der Waals surface area (Å²) in [5.41, 5.74) is 0.341. The molecular formula is C19H18ClFN4O3S. The van der Waals surface area contributed by atoms with E-state index in [2.05, 4.69) is 15.0 Å². The lowest BCUT2D eigenvalue weighted by Crippen LogP contribution is -2.25. The van der Waals surface area contributed by atoms with Crippen molar-refractivity contribution in [3.05, 3.63) is 77.6 Å². The molecule has 0 bridgehead atoms. The number of carbonyl (C=O) groups excluding carboxylic acids is 1. The molecule has 2 N–H and O–H groups in total. The molecule has 0 spiro atoms. The molecule has 0 atom stereocenters. The van der Waals surface area contributed by atoms with E-state index in [4.69, 9.17) is 11.6 Å². The normalized spacial score (nSPS) is 11.2. The van der Waals surface area contributed by atoms with Crippen LogP contribution in [0.4, 0.5) is 10.1 Å². The number of aryl methyl sites for hydroxylation is 1. The van der Waals surface area contributed by atoms with E-state index in [1.807, 2.05) is 10.8 Å². The molecular weight excluding hydrogens is 419 g/mol. The zero-order chi connectivity index (χ0) is 20.9. The van der Waals surface area contributed by atoms with Gasteiger partial charge in [0.25, 0.3) is 15.9 Å². The number of hydrogen-bond donors (Lipinski definition) is 2. The third-order valence-electron chi connectivity index (χ3n) is 4.02. The van der Waals surface area contributed by atoms with E-state index < -0.39 is 21.7 Å². The summed E-state index contributed by atoms with van der Waals surface area (Å²) in [5.74, 6) is -0.900. The Labute approximate surface area is 172 Å². The molecule has 3 rings (SSSR count). The van der Waals surface area contributed by atoms with Crippen molar-refractivity contribution in [2.45, 2.75) is 17.9 Å². The van der Waals surface area contributed by atoms with Gasteiger partial charge >= 0.3 is 0 Å². The number of sulfonamides is 1. The maximum absolute atomic E-state index is 13.0. The highest BCUT2D eigenvalue weighted by molar-refractivity contribution is 7.92. The van der Waals surface area contributed by atoms with Crippen LogP contribution in [0.1, 0.15) is 16.8 Å². The largest absolute Gasteiger partial charge is 0.352 e. The van der Waals surface area contributed by atoms with Crippen molar-refractivity contribution in [2.24, 2.45) is 0 Å². The SMILES string of the molecule is O=C(NCCCn1ccnc1)c1ccc(Cl)c(S(=O)(=O)Nc2ccc(F)cc2)c1. The van der Waals surface area contributed by atoms with E-state index in [1.165, 1.54) is 30.3 Å². The Balaban J connectivity index is 1.67. The molecule has 152 valence electrons. The third kappa shape index (κ3) is 5.55. The Bertz CT molecular complexity index is 1090. The highest BCUT2D eigenvalue weighted by atomic mass is 35.5. The molecule has 1 heterocycles. The van der Waals surface area contributed by atoms with E-state index in [-0.39, 0.29) is 21.2 Å². The lowest BCUT2D eigenvalue weighted by Gasteiger charge is -2.11. The fourth-order valence-electron chi connectivity index (χ4n) is 2.56. The van der Waals surface area contributed by atoms with Crippen LogP contribution < -0.4 is 10.0 Å². The Kier molecular flexibility index (Phi) is 6.50. The Morgan fingerprint density at radius 3 is 2.62 bits per heavy atom. The predicted molar refractivity (Wildman–Crippen MR) is 108 cm³/mol. The van der Waals surface area contributed by atoms with Crippen molar-refractivity contribution in [1.29, 1.82) is 0 Å². The van der Waals surface area contributed by atoms with Crippen LogP contribution in [0, 0.1) is 5.82 Å². The van der Waals surface area contributed by atoms with Crippen LogP contribution in [-0.2, 0) is 16.6 Å². The van der Waals surface area contributed by atoms with Gasteiger partial charge in [0.1, 0.15) is 10.7 Å². The summed E-state index contributed by atoms with van der Waals surface area (Å²) >= 11 is 6.04. The molecule has 0 aliphatic rings. The van der Waals surface area contributed by atoms with Crippen LogP contribution >= 0.6 is 11.6 Å². The summed E-state index contributed by atoms with van der Waals surface area (Å²) in [5, 5.41) is 2.71. The van der Waals surface area contributed by atoms with Crippen LogP contribution in [-0.4, -0.2) is 30.4 Å². The first kappa shape index (κ1) is 20.8. The van der Waals surface area contributed by atoms with E-state index in [1.54, 1.807) is 12.5 Å². The highest BCUT2D eigenvalue weighted by Crippen LogP contribution is 2.25. The number of nitrogens with zero attached hydrogens (tertiary/aromatic N) is 2. The second kappa shape index (κ2) is 9.06. The van der Waals surface area contributed by atoms with Crippen molar-refractivity contribution in [2.75, 3.05) is 11.3 Å². The van der Waals surface area contributed by atoms with Gasteiger partial charge in [0.2, 0.25) is 0 Å². The van der Waals surface area contributed by atoms with Gasteiger partial charge < -0.3 is 9.88 Å². The predicted octanol–water partition coefficient (Wildman–Crippen LogP) is 3.30. The average Bonchev–Trinajstić information content (AvgIpc) is 3.20. The van der Waals surface area contributed by atoms with Crippen LogP contribution in [0.5, 0.6) is 0 Å².